The topological polar surface area (TPSA) is 50.4 Å². The minimum absolute atomic E-state index is 0.114. The maximum atomic E-state index is 12.1. The Morgan fingerprint density at radius 2 is 2.11 bits per heavy atom. The quantitative estimate of drug-likeness (QED) is 0.860. The van der Waals surface area contributed by atoms with E-state index in [1.807, 2.05) is 24.3 Å². The van der Waals surface area contributed by atoms with Crippen molar-refractivity contribution in [3.8, 4) is 5.75 Å². The molecule has 1 aromatic carbocycles. The molecule has 18 heavy (non-hydrogen) atoms. The summed E-state index contributed by atoms with van der Waals surface area (Å²) in [6.07, 6.45) is 1.81. The van der Waals surface area contributed by atoms with Crippen molar-refractivity contribution in [3.05, 3.63) is 24.3 Å². The number of carbonyl (C=O) groups is 1. The van der Waals surface area contributed by atoms with Crippen LogP contribution in [0.15, 0.2) is 24.3 Å². The van der Waals surface area contributed by atoms with E-state index in [0.717, 1.165) is 30.8 Å². The molecule has 0 aromatic heterocycles. The van der Waals surface area contributed by atoms with Crippen LogP contribution in [0.1, 0.15) is 19.8 Å². The number of benzene rings is 1. The summed E-state index contributed by atoms with van der Waals surface area (Å²) < 4.78 is 5.08. The summed E-state index contributed by atoms with van der Waals surface area (Å²) in [5.41, 5.74) is 0.826. The number of piperidine rings is 1. The van der Waals surface area contributed by atoms with Crippen molar-refractivity contribution in [2.75, 3.05) is 19.0 Å². The van der Waals surface area contributed by atoms with Crippen molar-refractivity contribution in [1.29, 1.82) is 0 Å². The fraction of sp³-hybridized carbons (Fsp3) is 0.500. The number of rotatable bonds is 3. The van der Waals surface area contributed by atoms with Crippen LogP contribution in [0.2, 0.25) is 0 Å². The van der Waals surface area contributed by atoms with Gasteiger partial charge in [-0.2, -0.15) is 0 Å². The molecule has 1 aliphatic heterocycles. The van der Waals surface area contributed by atoms with Crippen molar-refractivity contribution in [2.45, 2.75) is 25.8 Å². The monoisotopic (exact) mass is 248 g/mol. The van der Waals surface area contributed by atoms with Gasteiger partial charge in [-0.15, -0.1) is 0 Å². The molecule has 0 unspecified atom stereocenters. The van der Waals surface area contributed by atoms with E-state index in [9.17, 15) is 4.79 Å². The van der Waals surface area contributed by atoms with Gasteiger partial charge in [0.2, 0.25) is 5.91 Å². The second-order valence-corrected chi connectivity index (χ2v) is 4.79. The number of methoxy groups -OCH3 is 1. The molecular formula is C14H20N2O2. The number of hydrogen-bond donors (Lipinski definition) is 2. The zero-order valence-corrected chi connectivity index (χ0v) is 10.9. The fourth-order valence-electron chi connectivity index (χ4n) is 2.29. The Kier molecular flexibility index (Phi) is 4.20. The Hall–Kier alpha value is -1.55. The summed E-state index contributed by atoms with van der Waals surface area (Å²) >= 11 is 0. The standard InChI is InChI=1S/C14H20N2O2/c1-10-9-11(7-8-15-10)14(17)16-12-3-5-13(18-2)6-4-12/h3-6,10-11,15H,7-9H2,1-2H3,(H,16,17)/t10-,11-/m0/s1. The average Bonchev–Trinajstić information content (AvgIpc) is 2.39. The van der Waals surface area contributed by atoms with E-state index >= 15 is 0 Å². The van der Waals surface area contributed by atoms with Crippen LogP contribution in [0, 0.1) is 5.92 Å². The summed E-state index contributed by atoms with van der Waals surface area (Å²) in [5, 5.41) is 6.31. The zero-order valence-electron chi connectivity index (χ0n) is 10.9. The van der Waals surface area contributed by atoms with Crippen LogP contribution in [0.3, 0.4) is 0 Å². The molecule has 2 rings (SSSR count). The molecule has 0 bridgehead atoms. The minimum Gasteiger partial charge on any atom is -0.497 e. The van der Waals surface area contributed by atoms with E-state index in [0.29, 0.717) is 6.04 Å². The molecule has 4 nitrogen and oxygen atoms in total. The highest BCUT2D eigenvalue weighted by atomic mass is 16.5. The molecule has 1 heterocycles. The van der Waals surface area contributed by atoms with Crippen molar-refractivity contribution in [3.63, 3.8) is 0 Å². The maximum Gasteiger partial charge on any atom is 0.227 e. The van der Waals surface area contributed by atoms with Gasteiger partial charge in [0, 0.05) is 17.6 Å². The van der Waals surface area contributed by atoms with Gasteiger partial charge in [-0.05, 0) is 50.6 Å². The van der Waals surface area contributed by atoms with E-state index in [4.69, 9.17) is 4.74 Å². The summed E-state index contributed by atoms with van der Waals surface area (Å²) in [7, 11) is 1.63. The van der Waals surface area contributed by atoms with Gasteiger partial charge in [-0.25, -0.2) is 0 Å². The number of anilines is 1. The number of hydrogen-bond acceptors (Lipinski definition) is 3. The van der Waals surface area contributed by atoms with E-state index in [2.05, 4.69) is 17.6 Å². The molecule has 1 aromatic rings. The predicted octanol–water partition coefficient (Wildman–Crippen LogP) is 2.02. The minimum atomic E-state index is 0.114. The number of ether oxygens (including phenoxy) is 1. The SMILES string of the molecule is COc1ccc(NC(=O)[C@H]2CCN[C@@H](C)C2)cc1. The molecule has 1 amide bonds. The van der Waals surface area contributed by atoms with Gasteiger partial charge in [0.25, 0.3) is 0 Å². The van der Waals surface area contributed by atoms with Gasteiger partial charge in [0.05, 0.1) is 7.11 Å². The largest absolute Gasteiger partial charge is 0.497 e. The maximum absolute atomic E-state index is 12.1. The first-order valence-corrected chi connectivity index (χ1v) is 6.37. The lowest BCUT2D eigenvalue weighted by Gasteiger charge is -2.27. The van der Waals surface area contributed by atoms with Crippen LogP contribution >= 0.6 is 0 Å². The molecule has 1 aliphatic rings. The predicted molar refractivity (Wildman–Crippen MR) is 71.8 cm³/mol. The molecule has 2 N–H and O–H groups in total. The third-order valence-electron chi connectivity index (χ3n) is 3.35. The van der Waals surface area contributed by atoms with Crippen LogP contribution in [0.4, 0.5) is 5.69 Å². The Morgan fingerprint density at radius 3 is 2.72 bits per heavy atom. The molecule has 2 atom stereocenters. The third-order valence-corrected chi connectivity index (χ3v) is 3.35. The van der Waals surface area contributed by atoms with Gasteiger partial charge in [0.15, 0.2) is 0 Å². The summed E-state index contributed by atoms with van der Waals surface area (Å²) in [5.74, 6) is 1.03. The molecule has 0 radical (unpaired) electrons. The molecule has 1 fully saturated rings. The Morgan fingerprint density at radius 1 is 1.39 bits per heavy atom. The average molecular weight is 248 g/mol. The van der Waals surface area contributed by atoms with E-state index in [1.165, 1.54) is 0 Å². The van der Waals surface area contributed by atoms with E-state index in [-0.39, 0.29) is 11.8 Å². The fourth-order valence-corrected chi connectivity index (χ4v) is 2.29. The molecule has 98 valence electrons. The number of carbonyl (C=O) groups excluding carboxylic acids is 1. The van der Waals surface area contributed by atoms with Gasteiger partial charge in [-0.3, -0.25) is 4.79 Å². The first kappa shape index (κ1) is 12.9. The van der Waals surface area contributed by atoms with Crippen molar-refractivity contribution >= 4 is 11.6 Å². The normalized spacial score (nSPS) is 23.4. The smallest absolute Gasteiger partial charge is 0.227 e. The second kappa shape index (κ2) is 5.87. The summed E-state index contributed by atoms with van der Waals surface area (Å²) in [4.78, 5) is 12.1. The first-order valence-electron chi connectivity index (χ1n) is 6.37. The van der Waals surface area contributed by atoms with Crippen LogP contribution in [0.25, 0.3) is 0 Å². The molecular weight excluding hydrogens is 228 g/mol. The van der Waals surface area contributed by atoms with Crippen LogP contribution in [0.5, 0.6) is 5.75 Å². The lowest BCUT2D eigenvalue weighted by molar-refractivity contribution is -0.120. The Bertz CT molecular complexity index is 403. The second-order valence-electron chi connectivity index (χ2n) is 4.79. The third kappa shape index (κ3) is 3.23. The van der Waals surface area contributed by atoms with E-state index in [1.54, 1.807) is 7.11 Å². The zero-order chi connectivity index (χ0) is 13.0. The van der Waals surface area contributed by atoms with Crippen molar-refractivity contribution < 1.29 is 9.53 Å². The number of amides is 1. The lowest BCUT2D eigenvalue weighted by Crippen LogP contribution is -2.40. The van der Waals surface area contributed by atoms with Crippen LogP contribution in [-0.4, -0.2) is 25.6 Å². The van der Waals surface area contributed by atoms with Crippen molar-refractivity contribution in [1.82, 2.24) is 5.32 Å². The van der Waals surface area contributed by atoms with Crippen LogP contribution in [-0.2, 0) is 4.79 Å². The highest BCUT2D eigenvalue weighted by Gasteiger charge is 2.24. The Balaban J connectivity index is 1.93. The Labute approximate surface area is 108 Å². The van der Waals surface area contributed by atoms with Gasteiger partial charge < -0.3 is 15.4 Å². The molecule has 0 spiro atoms. The first-order chi connectivity index (χ1) is 8.69. The van der Waals surface area contributed by atoms with Gasteiger partial charge >= 0.3 is 0 Å². The summed E-state index contributed by atoms with van der Waals surface area (Å²) in [6.45, 7) is 3.04. The van der Waals surface area contributed by atoms with Gasteiger partial charge in [-0.1, -0.05) is 0 Å². The lowest BCUT2D eigenvalue weighted by atomic mass is 9.92. The highest BCUT2D eigenvalue weighted by Crippen LogP contribution is 2.20. The van der Waals surface area contributed by atoms with Crippen LogP contribution < -0.4 is 15.4 Å². The molecule has 0 saturated carbocycles. The molecule has 1 saturated heterocycles. The van der Waals surface area contributed by atoms with Gasteiger partial charge in [0.1, 0.15) is 5.75 Å². The number of nitrogens with one attached hydrogen (secondary N) is 2. The molecule has 4 heteroatoms. The summed E-state index contributed by atoms with van der Waals surface area (Å²) in [6, 6.07) is 7.84. The molecule has 0 aliphatic carbocycles. The highest BCUT2D eigenvalue weighted by molar-refractivity contribution is 5.92. The van der Waals surface area contributed by atoms with Crippen molar-refractivity contribution in [2.24, 2.45) is 5.92 Å². The van der Waals surface area contributed by atoms with E-state index < -0.39 is 0 Å².